The molecule has 0 fully saturated rings. The van der Waals surface area contributed by atoms with Crippen LogP contribution in [0, 0.1) is 0 Å². The topological polar surface area (TPSA) is 89.7 Å². The molecule has 3 aromatic carbocycles. The maximum Gasteiger partial charge on any atom is 0.164 e. The molecule has 228 valence electrons. The molecule has 5 heterocycles. The molecule has 0 N–H and O–H groups in total. The fourth-order valence-electron chi connectivity index (χ4n) is 5.91. The second-order valence-electron chi connectivity index (χ2n) is 11.6. The summed E-state index contributed by atoms with van der Waals surface area (Å²) in [6.07, 6.45) is 17.8. The van der Waals surface area contributed by atoms with Crippen LogP contribution >= 0.6 is 0 Å². The highest BCUT2D eigenvalue weighted by atomic mass is 15.0. The highest BCUT2D eigenvalue weighted by Crippen LogP contribution is 2.35. The Morgan fingerprint density at radius 1 is 0.438 bits per heavy atom. The molecule has 0 spiro atoms. The fourth-order valence-corrected chi connectivity index (χ4v) is 5.91. The van der Waals surface area contributed by atoms with Crippen LogP contribution in [0.5, 0.6) is 0 Å². The zero-order chi connectivity index (χ0) is 32.1. The largest absolute Gasteiger partial charge is 0.269 e. The molecule has 0 saturated carbocycles. The highest BCUT2D eigenvalue weighted by Gasteiger charge is 2.18. The summed E-state index contributed by atoms with van der Waals surface area (Å²) in [6, 6.07) is 35.0. The standard InChI is InChI=1S/C41H29N7/c1-2-8-28(9-3-1)39-46-40(37-20-33(29-10-4-14-42-24-29)18-34(21-37)30-11-5-15-43-25-30)48-41(47-39)38-22-35(31-12-6-16-44-26-31)19-36(23-38)32-13-7-17-45-27-32/h1-12,14-27,32H,13H2. The molecule has 1 atom stereocenters. The maximum atomic E-state index is 5.17. The van der Waals surface area contributed by atoms with Crippen molar-refractivity contribution in [3.05, 3.63) is 158 Å². The van der Waals surface area contributed by atoms with Gasteiger partial charge in [0.15, 0.2) is 17.5 Å². The van der Waals surface area contributed by atoms with Crippen LogP contribution in [0.4, 0.5) is 0 Å². The van der Waals surface area contributed by atoms with Crippen LogP contribution in [0.1, 0.15) is 17.9 Å². The number of nitrogens with zero attached hydrogens (tertiary/aromatic N) is 7. The molecular formula is C41H29N7. The maximum absolute atomic E-state index is 5.17. The van der Waals surface area contributed by atoms with E-state index >= 15 is 0 Å². The monoisotopic (exact) mass is 619 g/mol. The first-order valence-corrected chi connectivity index (χ1v) is 15.8. The first kappa shape index (κ1) is 29.0. The predicted molar refractivity (Wildman–Crippen MR) is 191 cm³/mol. The van der Waals surface area contributed by atoms with E-state index in [9.17, 15) is 0 Å². The molecule has 7 heteroatoms. The lowest BCUT2D eigenvalue weighted by molar-refractivity contribution is 0.909. The SMILES string of the molecule is C1=CN=CC(c2cc(-c3cccnc3)cc(-c3nc(-c4ccccc4)nc(-c4cc(-c5cccnc5)cc(-c5cccnc5)c4)n3)c2)C1. The van der Waals surface area contributed by atoms with Crippen molar-refractivity contribution in [2.75, 3.05) is 0 Å². The number of rotatable bonds is 7. The highest BCUT2D eigenvalue weighted by molar-refractivity contribution is 5.81. The van der Waals surface area contributed by atoms with E-state index < -0.39 is 0 Å². The average molecular weight is 620 g/mol. The molecule has 0 aliphatic carbocycles. The minimum absolute atomic E-state index is 0.137. The van der Waals surface area contributed by atoms with Gasteiger partial charge in [0.2, 0.25) is 0 Å². The smallest absolute Gasteiger partial charge is 0.164 e. The molecule has 0 bridgehead atoms. The Labute approximate surface area is 278 Å². The molecule has 8 rings (SSSR count). The van der Waals surface area contributed by atoms with Gasteiger partial charge in [0.05, 0.1) is 0 Å². The number of hydrogen-bond acceptors (Lipinski definition) is 7. The average Bonchev–Trinajstić information content (AvgIpc) is 3.19. The van der Waals surface area contributed by atoms with Gasteiger partial charge in [-0.25, -0.2) is 15.0 Å². The van der Waals surface area contributed by atoms with Crippen LogP contribution in [0.2, 0.25) is 0 Å². The van der Waals surface area contributed by atoms with Crippen LogP contribution < -0.4 is 0 Å². The number of hydrogen-bond donors (Lipinski definition) is 0. The van der Waals surface area contributed by atoms with Crippen molar-refractivity contribution in [3.8, 4) is 67.5 Å². The Bertz CT molecular complexity index is 2200. The van der Waals surface area contributed by atoms with Gasteiger partial charge in [0, 0.05) is 88.9 Å². The zero-order valence-corrected chi connectivity index (χ0v) is 25.9. The second kappa shape index (κ2) is 13.1. The molecule has 0 saturated heterocycles. The summed E-state index contributed by atoms with van der Waals surface area (Å²) in [7, 11) is 0. The summed E-state index contributed by atoms with van der Waals surface area (Å²) < 4.78 is 0. The molecular weight excluding hydrogens is 591 g/mol. The number of aliphatic imine (C=N–C) groups is 1. The second-order valence-corrected chi connectivity index (χ2v) is 11.6. The number of aromatic nitrogens is 6. The molecule has 1 unspecified atom stereocenters. The van der Waals surface area contributed by atoms with Crippen molar-refractivity contribution < 1.29 is 0 Å². The lowest BCUT2D eigenvalue weighted by Crippen LogP contribution is -2.04. The summed E-state index contributed by atoms with van der Waals surface area (Å²) in [5.74, 6) is 1.90. The van der Waals surface area contributed by atoms with Crippen LogP contribution in [0.3, 0.4) is 0 Å². The molecule has 0 amide bonds. The van der Waals surface area contributed by atoms with Gasteiger partial charge >= 0.3 is 0 Å². The van der Waals surface area contributed by atoms with Crippen LogP contribution in [-0.2, 0) is 0 Å². The lowest BCUT2D eigenvalue weighted by atomic mass is 9.91. The van der Waals surface area contributed by atoms with Crippen molar-refractivity contribution in [3.63, 3.8) is 0 Å². The van der Waals surface area contributed by atoms with Crippen LogP contribution in [0.15, 0.2) is 158 Å². The van der Waals surface area contributed by atoms with E-state index in [2.05, 4.69) is 80.6 Å². The van der Waals surface area contributed by atoms with E-state index in [4.69, 9.17) is 15.0 Å². The van der Waals surface area contributed by atoms with E-state index in [1.165, 1.54) is 0 Å². The van der Waals surface area contributed by atoms with Crippen molar-refractivity contribution >= 4 is 6.21 Å². The first-order chi connectivity index (χ1) is 23.8. The Balaban J connectivity index is 1.35. The van der Waals surface area contributed by atoms with Gasteiger partial charge in [-0.15, -0.1) is 0 Å². The lowest BCUT2D eigenvalue weighted by Gasteiger charge is -2.17. The summed E-state index contributed by atoms with van der Waals surface area (Å²) in [6.45, 7) is 0. The molecule has 1 aliphatic heterocycles. The minimum Gasteiger partial charge on any atom is -0.269 e. The molecule has 1 aliphatic rings. The Hall–Kier alpha value is -6.47. The number of allylic oxidation sites excluding steroid dienone is 1. The van der Waals surface area contributed by atoms with Gasteiger partial charge in [-0.05, 0) is 77.2 Å². The van der Waals surface area contributed by atoms with Crippen molar-refractivity contribution in [2.24, 2.45) is 4.99 Å². The van der Waals surface area contributed by atoms with E-state index in [1.807, 2.05) is 79.5 Å². The van der Waals surface area contributed by atoms with Crippen LogP contribution in [0.25, 0.3) is 67.5 Å². The Morgan fingerprint density at radius 2 is 0.896 bits per heavy atom. The Kier molecular flexibility index (Phi) is 7.91. The summed E-state index contributed by atoms with van der Waals surface area (Å²) in [5, 5.41) is 0. The molecule has 7 nitrogen and oxygen atoms in total. The Morgan fingerprint density at radius 3 is 1.40 bits per heavy atom. The van der Waals surface area contributed by atoms with Crippen molar-refractivity contribution in [1.82, 2.24) is 29.9 Å². The summed E-state index contributed by atoms with van der Waals surface area (Å²) >= 11 is 0. The van der Waals surface area contributed by atoms with Gasteiger partial charge in [-0.3, -0.25) is 19.9 Å². The molecule has 48 heavy (non-hydrogen) atoms. The van der Waals surface area contributed by atoms with Gasteiger partial charge in [0.25, 0.3) is 0 Å². The molecule has 0 radical (unpaired) electrons. The third-order valence-corrected chi connectivity index (χ3v) is 8.33. The number of benzene rings is 3. The van der Waals surface area contributed by atoms with E-state index in [-0.39, 0.29) is 5.92 Å². The predicted octanol–water partition coefficient (Wildman–Crippen LogP) is 9.13. The molecule has 7 aromatic rings. The van der Waals surface area contributed by atoms with Crippen LogP contribution in [-0.4, -0.2) is 36.1 Å². The third-order valence-electron chi connectivity index (χ3n) is 8.33. The van der Waals surface area contributed by atoms with E-state index in [1.54, 1.807) is 18.6 Å². The van der Waals surface area contributed by atoms with Gasteiger partial charge in [-0.1, -0.05) is 60.7 Å². The third kappa shape index (κ3) is 6.17. The minimum atomic E-state index is 0.137. The fraction of sp³-hybridized carbons (Fsp3) is 0.0488. The number of pyridine rings is 3. The van der Waals surface area contributed by atoms with Gasteiger partial charge in [-0.2, -0.15) is 0 Å². The summed E-state index contributed by atoms with van der Waals surface area (Å²) in [5.41, 5.74) is 9.88. The molecule has 4 aromatic heterocycles. The first-order valence-electron chi connectivity index (χ1n) is 15.8. The van der Waals surface area contributed by atoms with Gasteiger partial charge < -0.3 is 0 Å². The van der Waals surface area contributed by atoms with E-state index in [0.29, 0.717) is 17.5 Å². The van der Waals surface area contributed by atoms with E-state index in [0.717, 1.165) is 62.1 Å². The summed E-state index contributed by atoms with van der Waals surface area (Å²) in [4.78, 5) is 32.9. The zero-order valence-electron chi connectivity index (χ0n) is 25.9. The van der Waals surface area contributed by atoms with Gasteiger partial charge in [0.1, 0.15) is 0 Å². The van der Waals surface area contributed by atoms with Crippen molar-refractivity contribution in [1.29, 1.82) is 0 Å². The quantitative estimate of drug-likeness (QED) is 0.177. The van der Waals surface area contributed by atoms with Crippen molar-refractivity contribution in [2.45, 2.75) is 12.3 Å². The normalized spacial score (nSPS) is 13.8.